The molecule has 1 aromatic rings. The SMILES string of the molecule is CC.CC.CC.CCC.Cc1ccc(C)s1. The molecule has 0 saturated heterocycles. The minimum Gasteiger partial charge on any atom is -0.146 e. The summed E-state index contributed by atoms with van der Waals surface area (Å²) in [6.45, 7) is 20.5. The number of rotatable bonds is 0. The quantitative estimate of drug-likeness (QED) is 0.469. The summed E-state index contributed by atoms with van der Waals surface area (Å²) in [7, 11) is 0. The molecule has 0 radical (unpaired) electrons. The second-order valence-corrected chi connectivity index (χ2v) is 3.86. The Morgan fingerprint density at radius 1 is 0.750 bits per heavy atom. The summed E-state index contributed by atoms with van der Waals surface area (Å²) in [5.41, 5.74) is 0. The molecule has 0 aliphatic rings. The van der Waals surface area contributed by atoms with E-state index in [1.807, 2.05) is 52.9 Å². The maximum atomic E-state index is 2.14. The Labute approximate surface area is 109 Å². The molecule has 1 heteroatoms. The second-order valence-electron chi connectivity index (χ2n) is 2.36. The first-order valence-electron chi connectivity index (χ1n) is 6.73. The van der Waals surface area contributed by atoms with Crippen LogP contribution >= 0.6 is 11.3 Å². The van der Waals surface area contributed by atoms with Crippen LogP contribution in [0.4, 0.5) is 0 Å². The Balaban J connectivity index is -0.0000000688. The van der Waals surface area contributed by atoms with Crippen LogP contribution in [0.15, 0.2) is 12.1 Å². The maximum Gasteiger partial charge on any atom is 0.00170 e. The lowest BCUT2D eigenvalue weighted by molar-refractivity contribution is 1.09. The highest BCUT2D eigenvalue weighted by Gasteiger charge is 1.84. The third-order valence-corrected chi connectivity index (χ3v) is 1.79. The van der Waals surface area contributed by atoms with Gasteiger partial charge in [-0.3, -0.25) is 0 Å². The van der Waals surface area contributed by atoms with E-state index >= 15 is 0 Å². The van der Waals surface area contributed by atoms with Crippen LogP contribution < -0.4 is 0 Å². The van der Waals surface area contributed by atoms with E-state index in [1.54, 1.807) is 0 Å². The molecule has 100 valence electrons. The molecular weight excluding hydrogens is 212 g/mol. The van der Waals surface area contributed by atoms with E-state index in [-0.39, 0.29) is 0 Å². The van der Waals surface area contributed by atoms with Crippen LogP contribution in [0.3, 0.4) is 0 Å². The molecule has 0 nitrogen and oxygen atoms in total. The van der Waals surface area contributed by atoms with Crippen LogP contribution in [0.1, 0.15) is 71.6 Å². The first kappa shape index (κ1) is 24.8. The maximum absolute atomic E-state index is 2.14. The van der Waals surface area contributed by atoms with Crippen molar-refractivity contribution in [2.45, 2.75) is 75.7 Å². The van der Waals surface area contributed by atoms with Crippen molar-refractivity contribution < 1.29 is 0 Å². The highest BCUT2D eigenvalue weighted by Crippen LogP contribution is 2.12. The van der Waals surface area contributed by atoms with E-state index in [1.165, 1.54) is 16.2 Å². The summed E-state index contributed by atoms with van der Waals surface area (Å²) in [5.74, 6) is 0. The predicted molar refractivity (Wildman–Crippen MR) is 83.8 cm³/mol. The monoisotopic (exact) mass is 246 g/mol. The van der Waals surface area contributed by atoms with Crippen molar-refractivity contribution in [1.29, 1.82) is 0 Å². The summed E-state index contributed by atoms with van der Waals surface area (Å²) >= 11 is 1.84. The smallest absolute Gasteiger partial charge is 0.00170 e. The standard InChI is InChI=1S/C6H8S.C3H8.3C2H6/c1-5-3-4-6(2)7-5;1-3-2;3*1-2/h3-4H,1-2H3;3H2,1-2H3;3*1-2H3. The molecule has 0 unspecified atom stereocenters. The number of hydrogen-bond donors (Lipinski definition) is 0. The molecule has 0 aliphatic heterocycles. The molecule has 0 fully saturated rings. The average Bonchev–Trinajstić information content (AvgIpc) is 2.72. The number of thiophene rings is 1. The lowest BCUT2D eigenvalue weighted by Crippen LogP contribution is -1.44. The minimum atomic E-state index is 1.25. The second kappa shape index (κ2) is 29.3. The molecule has 0 spiro atoms. The Kier molecular flexibility index (Phi) is 45.4. The van der Waals surface area contributed by atoms with E-state index in [4.69, 9.17) is 0 Å². The summed E-state index contributed by atoms with van der Waals surface area (Å²) in [4.78, 5) is 2.80. The Bertz CT molecular complexity index is 149. The van der Waals surface area contributed by atoms with Crippen LogP contribution in [0.5, 0.6) is 0 Å². The van der Waals surface area contributed by atoms with Gasteiger partial charge in [0.25, 0.3) is 0 Å². The Morgan fingerprint density at radius 3 is 1.00 bits per heavy atom. The molecule has 0 N–H and O–H groups in total. The normalized spacial score (nSPS) is 6.38. The average molecular weight is 247 g/mol. The van der Waals surface area contributed by atoms with E-state index in [0.29, 0.717) is 0 Å². The molecule has 0 aromatic carbocycles. The van der Waals surface area contributed by atoms with Gasteiger partial charge in [-0.2, -0.15) is 0 Å². The molecule has 0 saturated carbocycles. The number of aryl methyl sites for hydroxylation is 2. The first-order chi connectivity index (χ1) is 7.70. The molecule has 1 aromatic heterocycles. The Hall–Kier alpha value is -0.300. The van der Waals surface area contributed by atoms with Crippen molar-refractivity contribution in [2.75, 3.05) is 0 Å². The topological polar surface area (TPSA) is 0 Å². The highest BCUT2D eigenvalue weighted by atomic mass is 32.1. The third-order valence-electron chi connectivity index (χ3n) is 0.875. The van der Waals surface area contributed by atoms with Gasteiger partial charge in [-0.15, -0.1) is 11.3 Å². The first-order valence-corrected chi connectivity index (χ1v) is 7.55. The molecule has 1 rings (SSSR count). The molecule has 16 heavy (non-hydrogen) atoms. The number of hydrogen-bond acceptors (Lipinski definition) is 1. The fourth-order valence-corrected chi connectivity index (χ4v) is 1.34. The van der Waals surface area contributed by atoms with Gasteiger partial charge < -0.3 is 0 Å². The van der Waals surface area contributed by atoms with Crippen molar-refractivity contribution in [1.82, 2.24) is 0 Å². The van der Waals surface area contributed by atoms with Crippen LogP contribution in [0.25, 0.3) is 0 Å². The molecule has 0 aliphatic carbocycles. The van der Waals surface area contributed by atoms with Crippen LogP contribution in [0, 0.1) is 13.8 Å². The van der Waals surface area contributed by atoms with Crippen LogP contribution in [0.2, 0.25) is 0 Å². The van der Waals surface area contributed by atoms with Crippen molar-refractivity contribution in [3.63, 3.8) is 0 Å². The predicted octanol–water partition coefficient (Wildman–Crippen LogP) is 6.86. The molecular formula is C15H34S. The van der Waals surface area contributed by atoms with Gasteiger partial charge in [0, 0.05) is 9.75 Å². The van der Waals surface area contributed by atoms with Crippen LogP contribution in [-0.2, 0) is 0 Å². The van der Waals surface area contributed by atoms with Crippen molar-refractivity contribution in [3.05, 3.63) is 21.9 Å². The molecule has 0 bridgehead atoms. The summed E-state index contributed by atoms with van der Waals surface area (Å²) in [5, 5.41) is 0. The van der Waals surface area contributed by atoms with Gasteiger partial charge in [-0.05, 0) is 26.0 Å². The van der Waals surface area contributed by atoms with Gasteiger partial charge in [-0.25, -0.2) is 0 Å². The van der Waals surface area contributed by atoms with Crippen molar-refractivity contribution in [3.8, 4) is 0 Å². The molecule has 0 atom stereocenters. The van der Waals surface area contributed by atoms with E-state index < -0.39 is 0 Å². The van der Waals surface area contributed by atoms with Gasteiger partial charge in [0.1, 0.15) is 0 Å². The van der Waals surface area contributed by atoms with Gasteiger partial charge in [-0.1, -0.05) is 61.8 Å². The van der Waals surface area contributed by atoms with Gasteiger partial charge in [0.15, 0.2) is 0 Å². The molecule has 1 heterocycles. The van der Waals surface area contributed by atoms with E-state index in [2.05, 4.69) is 39.8 Å². The zero-order valence-corrected chi connectivity index (χ0v) is 14.1. The summed E-state index contributed by atoms with van der Waals surface area (Å²) in [6, 6.07) is 4.28. The zero-order chi connectivity index (χ0) is 14.0. The lowest BCUT2D eigenvalue weighted by Gasteiger charge is -1.71. The van der Waals surface area contributed by atoms with Crippen LogP contribution in [-0.4, -0.2) is 0 Å². The fraction of sp³-hybridized carbons (Fsp3) is 0.733. The Morgan fingerprint density at radius 2 is 0.938 bits per heavy atom. The highest BCUT2D eigenvalue weighted by molar-refractivity contribution is 7.11. The van der Waals surface area contributed by atoms with Gasteiger partial charge in [0.2, 0.25) is 0 Å². The van der Waals surface area contributed by atoms with Gasteiger partial charge in [0.05, 0.1) is 0 Å². The summed E-state index contributed by atoms with van der Waals surface area (Å²) < 4.78 is 0. The van der Waals surface area contributed by atoms with E-state index in [9.17, 15) is 0 Å². The van der Waals surface area contributed by atoms with Crippen molar-refractivity contribution in [2.24, 2.45) is 0 Å². The molecule has 0 amide bonds. The fourth-order valence-electron chi connectivity index (χ4n) is 0.557. The summed E-state index contributed by atoms with van der Waals surface area (Å²) in [6.07, 6.45) is 1.25. The zero-order valence-electron chi connectivity index (χ0n) is 13.3. The van der Waals surface area contributed by atoms with E-state index in [0.717, 1.165) is 0 Å². The van der Waals surface area contributed by atoms with Gasteiger partial charge >= 0.3 is 0 Å². The largest absolute Gasteiger partial charge is 0.146 e. The minimum absolute atomic E-state index is 1.25. The third kappa shape index (κ3) is 29.2. The lowest BCUT2D eigenvalue weighted by atomic mass is 10.5. The van der Waals surface area contributed by atoms with Crippen molar-refractivity contribution >= 4 is 11.3 Å².